The Morgan fingerprint density at radius 1 is 1.56 bits per heavy atom. The van der Waals surface area contributed by atoms with Gasteiger partial charge in [-0.2, -0.15) is 0 Å². The Morgan fingerprint density at radius 3 is 2.88 bits per heavy atom. The summed E-state index contributed by atoms with van der Waals surface area (Å²) in [5.41, 5.74) is 0.956. The van der Waals surface area contributed by atoms with Gasteiger partial charge in [0.2, 0.25) is 0 Å². The van der Waals surface area contributed by atoms with E-state index in [0.717, 1.165) is 5.56 Å². The number of nitrogens with zero attached hydrogens (tertiary/aromatic N) is 1. The highest BCUT2D eigenvalue weighted by Gasteiger charge is 2.33. The van der Waals surface area contributed by atoms with Crippen LogP contribution in [0.2, 0.25) is 0 Å². The van der Waals surface area contributed by atoms with E-state index in [1.54, 1.807) is 18.2 Å². The number of likely N-dealkylation sites (tertiary alicyclic amines) is 1. The van der Waals surface area contributed by atoms with E-state index in [9.17, 15) is 9.18 Å². The summed E-state index contributed by atoms with van der Waals surface area (Å²) in [6, 6.07) is 6.22. The third kappa shape index (κ3) is 1.93. The minimum atomic E-state index is -0.974. The second-order valence-corrected chi connectivity index (χ2v) is 4.16. The SMILES string of the molecule is CN1CCC(F)C1c1cccc(C(=O)O)c1. The van der Waals surface area contributed by atoms with E-state index in [1.807, 2.05) is 11.9 Å². The van der Waals surface area contributed by atoms with E-state index in [4.69, 9.17) is 5.11 Å². The first-order chi connectivity index (χ1) is 7.59. The average Bonchev–Trinajstić information content (AvgIpc) is 2.59. The number of hydrogen-bond acceptors (Lipinski definition) is 2. The third-order valence-electron chi connectivity index (χ3n) is 3.05. The average molecular weight is 223 g/mol. The second-order valence-electron chi connectivity index (χ2n) is 4.16. The molecule has 86 valence electrons. The lowest BCUT2D eigenvalue weighted by molar-refractivity contribution is 0.0696. The molecule has 0 saturated carbocycles. The van der Waals surface area contributed by atoms with Gasteiger partial charge in [-0.25, -0.2) is 9.18 Å². The molecular weight excluding hydrogens is 209 g/mol. The van der Waals surface area contributed by atoms with Crippen molar-refractivity contribution in [1.29, 1.82) is 0 Å². The van der Waals surface area contributed by atoms with E-state index in [0.29, 0.717) is 13.0 Å². The maximum atomic E-state index is 13.7. The molecule has 2 unspecified atom stereocenters. The van der Waals surface area contributed by atoms with Crippen LogP contribution in [0.5, 0.6) is 0 Å². The number of rotatable bonds is 2. The van der Waals surface area contributed by atoms with Gasteiger partial charge in [0, 0.05) is 6.54 Å². The first-order valence-electron chi connectivity index (χ1n) is 5.27. The number of alkyl halides is 1. The van der Waals surface area contributed by atoms with Crippen molar-refractivity contribution in [3.63, 3.8) is 0 Å². The fraction of sp³-hybridized carbons (Fsp3) is 0.417. The number of hydrogen-bond donors (Lipinski definition) is 1. The van der Waals surface area contributed by atoms with Gasteiger partial charge in [0.1, 0.15) is 6.17 Å². The van der Waals surface area contributed by atoms with Gasteiger partial charge in [-0.15, -0.1) is 0 Å². The molecule has 0 amide bonds. The van der Waals surface area contributed by atoms with Gasteiger partial charge < -0.3 is 5.11 Å². The van der Waals surface area contributed by atoms with Crippen molar-refractivity contribution in [2.75, 3.05) is 13.6 Å². The Morgan fingerprint density at radius 2 is 2.31 bits per heavy atom. The van der Waals surface area contributed by atoms with Crippen LogP contribution in [0.15, 0.2) is 24.3 Å². The monoisotopic (exact) mass is 223 g/mol. The van der Waals surface area contributed by atoms with Crippen molar-refractivity contribution in [3.8, 4) is 0 Å². The Balaban J connectivity index is 2.32. The number of carboxylic acids is 1. The van der Waals surface area contributed by atoms with Crippen LogP contribution in [0.1, 0.15) is 28.4 Å². The second kappa shape index (κ2) is 4.22. The van der Waals surface area contributed by atoms with Gasteiger partial charge >= 0.3 is 5.97 Å². The maximum Gasteiger partial charge on any atom is 0.335 e. The molecule has 0 aromatic heterocycles. The van der Waals surface area contributed by atoms with Crippen molar-refractivity contribution in [1.82, 2.24) is 4.90 Å². The number of aromatic carboxylic acids is 1. The fourth-order valence-corrected chi connectivity index (χ4v) is 2.22. The smallest absolute Gasteiger partial charge is 0.335 e. The Bertz CT molecular complexity index is 398. The standard InChI is InChI=1S/C12H14FNO2/c1-14-6-5-10(13)11(14)8-3-2-4-9(7-8)12(15)16/h2-4,7,10-11H,5-6H2,1H3,(H,15,16). The van der Waals surface area contributed by atoms with Gasteiger partial charge in [-0.05, 0) is 31.2 Å². The van der Waals surface area contributed by atoms with Crippen LogP contribution in [0.3, 0.4) is 0 Å². The number of halogens is 1. The highest BCUT2D eigenvalue weighted by molar-refractivity contribution is 5.87. The lowest BCUT2D eigenvalue weighted by Gasteiger charge is -2.21. The quantitative estimate of drug-likeness (QED) is 0.834. The van der Waals surface area contributed by atoms with Crippen molar-refractivity contribution in [3.05, 3.63) is 35.4 Å². The number of benzene rings is 1. The zero-order valence-electron chi connectivity index (χ0n) is 9.06. The molecule has 0 bridgehead atoms. The molecule has 1 N–H and O–H groups in total. The number of carboxylic acid groups (broad SMARTS) is 1. The molecule has 1 fully saturated rings. The Hall–Kier alpha value is -1.42. The van der Waals surface area contributed by atoms with Crippen LogP contribution >= 0.6 is 0 Å². The largest absolute Gasteiger partial charge is 0.478 e. The van der Waals surface area contributed by atoms with E-state index < -0.39 is 12.1 Å². The third-order valence-corrected chi connectivity index (χ3v) is 3.05. The Labute approximate surface area is 93.5 Å². The summed E-state index contributed by atoms with van der Waals surface area (Å²) in [6.07, 6.45) is -0.396. The van der Waals surface area contributed by atoms with E-state index in [-0.39, 0.29) is 11.6 Å². The van der Waals surface area contributed by atoms with E-state index in [2.05, 4.69) is 0 Å². The summed E-state index contributed by atoms with van der Waals surface area (Å²) in [4.78, 5) is 12.7. The molecule has 1 aromatic carbocycles. The molecule has 1 aromatic rings. The van der Waals surface area contributed by atoms with Gasteiger partial charge in [0.15, 0.2) is 0 Å². The molecule has 0 radical (unpaired) electrons. The molecule has 1 aliphatic heterocycles. The zero-order valence-corrected chi connectivity index (χ0v) is 9.06. The molecule has 1 saturated heterocycles. The first kappa shape index (κ1) is 11.1. The molecule has 3 nitrogen and oxygen atoms in total. The minimum Gasteiger partial charge on any atom is -0.478 e. The first-order valence-corrected chi connectivity index (χ1v) is 5.27. The van der Waals surface area contributed by atoms with Crippen molar-refractivity contribution in [2.45, 2.75) is 18.6 Å². The summed E-state index contributed by atoms with van der Waals surface area (Å²) >= 11 is 0. The van der Waals surface area contributed by atoms with Crippen molar-refractivity contribution < 1.29 is 14.3 Å². The fourth-order valence-electron chi connectivity index (χ4n) is 2.22. The number of carbonyl (C=O) groups is 1. The van der Waals surface area contributed by atoms with Crippen LogP contribution in [0.25, 0.3) is 0 Å². The summed E-state index contributed by atoms with van der Waals surface area (Å²) in [5, 5.41) is 8.88. The molecule has 2 rings (SSSR count). The predicted octanol–water partition coefficient (Wildman–Crippen LogP) is 2.10. The normalized spacial score (nSPS) is 25.9. The van der Waals surface area contributed by atoms with E-state index >= 15 is 0 Å². The summed E-state index contributed by atoms with van der Waals surface area (Å²) in [6.45, 7) is 0.711. The minimum absolute atomic E-state index is 0.213. The van der Waals surface area contributed by atoms with Crippen LogP contribution in [0, 0.1) is 0 Å². The highest BCUT2D eigenvalue weighted by Crippen LogP contribution is 2.33. The predicted molar refractivity (Wildman–Crippen MR) is 58.3 cm³/mol. The maximum absolute atomic E-state index is 13.7. The molecule has 16 heavy (non-hydrogen) atoms. The lowest BCUT2D eigenvalue weighted by atomic mass is 10.0. The summed E-state index contributed by atoms with van der Waals surface area (Å²) < 4.78 is 13.7. The van der Waals surface area contributed by atoms with Gasteiger partial charge in [0.05, 0.1) is 11.6 Å². The van der Waals surface area contributed by atoms with E-state index in [1.165, 1.54) is 6.07 Å². The summed E-state index contributed by atoms with van der Waals surface area (Å²) in [7, 11) is 1.86. The molecule has 2 atom stereocenters. The molecular formula is C12H14FNO2. The van der Waals surface area contributed by atoms with Crippen LogP contribution in [-0.2, 0) is 0 Å². The van der Waals surface area contributed by atoms with Crippen LogP contribution < -0.4 is 0 Å². The summed E-state index contributed by atoms with van der Waals surface area (Å²) in [5.74, 6) is -0.974. The molecule has 1 heterocycles. The highest BCUT2D eigenvalue weighted by atomic mass is 19.1. The zero-order chi connectivity index (χ0) is 11.7. The lowest BCUT2D eigenvalue weighted by Crippen LogP contribution is -2.22. The van der Waals surface area contributed by atoms with Gasteiger partial charge in [-0.3, -0.25) is 4.90 Å². The van der Waals surface area contributed by atoms with Crippen LogP contribution in [-0.4, -0.2) is 35.7 Å². The van der Waals surface area contributed by atoms with Crippen molar-refractivity contribution in [2.24, 2.45) is 0 Å². The van der Waals surface area contributed by atoms with Crippen molar-refractivity contribution >= 4 is 5.97 Å². The molecule has 0 aliphatic carbocycles. The molecule has 4 heteroatoms. The Kier molecular flexibility index (Phi) is 2.92. The topological polar surface area (TPSA) is 40.5 Å². The van der Waals surface area contributed by atoms with Gasteiger partial charge in [-0.1, -0.05) is 12.1 Å². The van der Waals surface area contributed by atoms with Crippen LogP contribution in [0.4, 0.5) is 4.39 Å². The molecule has 0 spiro atoms. The molecule has 1 aliphatic rings. The van der Waals surface area contributed by atoms with Gasteiger partial charge in [0.25, 0.3) is 0 Å².